The average molecular weight is 303 g/mol. The molecule has 0 heterocycles. The third-order valence-corrected chi connectivity index (χ3v) is 2.39. The molecule has 0 radical (unpaired) electrons. The second-order valence-electron chi connectivity index (χ2n) is 5.65. The van der Waals surface area contributed by atoms with E-state index in [1.807, 2.05) is 20.8 Å². The van der Waals surface area contributed by atoms with Crippen molar-refractivity contribution in [1.29, 1.82) is 0 Å². The molecule has 0 saturated heterocycles. The van der Waals surface area contributed by atoms with E-state index in [0.717, 1.165) is 32.2 Å². The standard InChI is InChI=1S/C15H29NO5/c1-15(2,3)21-14(18)6-4-5-7-16-8-10-19-12-13-20-11-9-17/h9,16H,4-8,10-13H2,1-3H3. The average Bonchev–Trinajstić information content (AvgIpc) is 2.38. The van der Waals surface area contributed by atoms with Crippen molar-refractivity contribution in [3.05, 3.63) is 0 Å². The van der Waals surface area contributed by atoms with Crippen molar-refractivity contribution < 1.29 is 23.8 Å². The molecule has 6 heteroatoms. The van der Waals surface area contributed by atoms with Gasteiger partial charge in [0.15, 0.2) is 0 Å². The first kappa shape index (κ1) is 20.0. The van der Waals surface area contributed by atoms with Gasteiger partial charge in [-0.15, -0.1) is 0 Å². The number of nitrogens with one attached hydrogen (secondary N) is 1. The molecule has 0 amide bonds. The van der Waals surface area contributed by atoms with Crippen LogP contribution in [0, 0.1) is 0 Å². The zero-order valence-electron chi connectivity index (χ0n) is 13.5. The second kappa shape index (κ2) is 12.7. The first-order valence-electron chi connectivity index (χ1n) is 7.47. The van der Waals surface area contributed by atoms with Crippen LogP contribution in [-0.2, 0) is 23.8 Å². The van der Waals surface area contributed by atoms with Crippen molar-refractivity contribution in [1.82, 2.24) is 5.32 Å². The lowest BCUT2D eigenvalue weighted by atomic mass is 10.2. The summed E-state index contributed by atoms with van der Waals surface area (Å²) in [5.74, 6) is -0.138. The van der Waals surface area contributed by atoms with Crippen LogP contribution in [0.1, 0.15) is 40.0 Å². The number of aldehydes is 1. The fourth-order valence-electron chi connectivity index (χ4n) is 1.53. The Morgan fingerprint density at radius 1 is 1.05 bits per heavy atom. The van der Waals surface area contributed by atoms with Crippen LogP contribution in [0.5, 0.6) is 0 Å². The molecule has 0 aliphatic heterocycles. The Morgan fingerprint density at radius 2 is 1.76 bits per heavy atom. The first-order valence-corrected chi connectivity index (χ1v) is 7.47. The van der Waals surface area contributed by atoms with Gasteiger partial charge in [-0.3, -0.25) is 4.79 Å². The van der Waals surface area contributed by atoms with Crippen LogP contribution >= 0.6 is 0 Å². The summed E-state index contributed by atoms with van der Waals surface area (Å²) in [7, 11) is 0. The van der Waals surface area contributed by atoms with Gasteiger partial charge in [-0.25, -0.2) is 0 Å². The predicted molar refractivity (Wildman–Crippen MR) is 80.3 cm³/mol. The molecule has 0 bridgehead atoms. The highest BCUT2D eigenvalue weighted by molar-refractivity contribution is 5.69. The lowest BCUT2D eigenvalue weighted by molar-refractivity contribution is -0.154. The van der Waals surface area contributed by atoms with Gasteiger partial charge in [-0.05, 0) is 40.2 Å². The van der Waals surface area contributed by atoms with Gasteiger partial charge in [0.25, 0.3) is 0 Å². The Labute approximate surface area is 127 Å². The van der Waals surface area contributed by atoms with Gasteiger partial charge < -0.3 is 24.3 Å². The number of hydrogen-bond acceptors (Lipinski definition) is 6. The smallest absolute Gasteiger partial charge is 0.306 e. The Hall–Kier alpha value is -0.980. The molecule has 0 rings (SSSR count). The molecule has 6 nitrogen and oxygen atoms in total. The molecule has 0 aliphatic carbocycles. The molecule has 0 saturated carbocycles. The van der Waals surface area contributed by atoms with Crippen LogP contribution in [0.25, 0.3) is 0 Å². The maximum Gasteiger partial charge on any atom is 0.306 e. The Morgan fingerprint density at radius 3 is 2.43 bits per heavy atom. The number of unbranched alkanes of at least 4 members (excludes halogenated alkanes) is 1. The SMILES string of the molecule is CC(C)(C)OC(=O)CCCCNCCOCCOCC=O. The van der Waals surface area contributed by atoms with E-state index in [-0.39, 0.29) is 12.6 Å². The molecule has 0 aromatic rings. The first-order chi connectivity index (χ1) is 9.95. The summed E-state index contributed by atoms with van der Waals surface area (Å²) in [5, 5.41) is 3.24. The number of esters is 1. The summed E-state index contributed by atoms with van der Waals surface area (Å²) < 4.78 is 15.5. The van der Waals surface area contributed by atoms with Crippen LogP contribution in [0.2, 0.25) is 0 Å². The van der Waals surface area contributed by atoms with Crippen molar-refractivity contribution in [2.45, 2.75) is 45.6 Å². The van der Waals surface area contributed by atoms with E-state index in [2.05, 4.69) is 5.32 Å². The van der Waals surface area contributed by atoms with Gasteiger partial charge in [0.05, 0.1) is 19.8 Å². The maximum atomic E-state index is 11.4. The molecule has 0 unspecified atom stereocenters. The quantitative estimate of drug-likeness (QED) is 0.314. The summed E-state index contributed by atoms with van der Waals surface area (Å²) in [5.41, 5.74) is -0.401. The monoisotopic (exact) mass is 303 g/mol. The van der Waals surface area contributed by atoms with Crippen LogP contribution in [0.3, 0.4) is 0 Å². The second-order valence-corrected chi connectivity index (χ2v) is 5.65. The van der Waals surface area contributed by atoms with Crippen molar-refractivity contribution in [2.24, 2.45) is 0 Å². The molecule has 0 aromatic heterocycles. The summed E-state index contributed by atoms with van der Waals surface area (Å²) in [6.07, 6.45) is 2.94. The minimum Gasteiger partial charge on any atom is -0.460 e. The molecule has 21 heavy (non-hydrogen) atoms. The van der Waals surface area contributed by atoms with Crippen LogP contribution < -0.4 is 5.32 Å². The molecule has 0 aliphatic rings. The summed E-state index contributed by atoms with van der Waals surface area (Å²) >= 11 is 0. The summed E-state index contributed by atoms with van der Waals surface area (Å²) in [6.45, 7) is 8.90. The number of hydrogen-bond donors (Lipinski definition) is 1. The molecule has 1 N–H and O–H groups in total. The van der Waals surface area contributed by atoms with E-state index in [4.69, 9.17) is 14.2 Å². The molecule has 0 fully saturated rings. The minimum atomic E-state index is -0.401. The maximum absolute atomic E-state index is 11.4. The largest absolute Gasteiger partial charge is 0.460 e. The Bertz CT molecular complexity index is 276. The molecule has 124 valence electrons. The fraction of sp³-hybridized carbons (Fsp3) is 0.867. The van der Waals surface area contributed by atoms with Crippen molar-refractivity contribution in [3.8, 4) is 0 Å². The fourth-order valence-corrected chi connectivity index (χ4v) is 1.53. The third kappa shape index (κ3) is 17.0. The van der Waals surface area contributed by atoms with Crippen molar-refractivity contribution in [2.75, 3.05) is 39.5 Å². The van der Waals surface area contributed by atoms with Gasteiger partial charge in [0.1, 0.15) is 18.5 Å². The zero-order chi connectivity index (χ0) is 16.0. The normalized spacial score (nSPS) is 11.4. The van der Waals surface area contributed by atoms with Crippen LogP contribution in [0.15, 0.2) is 0 Å². The number of ether oxygens (including phenoxy) is 3. The summed E-state index contributed by atoms with van der Waals surface area (Å²) in [6, 6.07) is 0. The van der Waals surface area contributed by atoms with Crippen molar-refractivity contribution >= 4 is 12.3 Å². The van der Waals surface area contributed by atoms with E-state index in [1.54, 1.807) is 0 Å². The molecule has 0 atom stereocenters. The van der Waals surface area contributed by atoms with Gasteiger partial charge in [-0.2, -0.15) is 0 Å². The highest BCUT2D eigenvalue weighted by Crippen LogP contribution is 2.09. The van der Waals surface area contributed by atoms with Crippen LogP contribution in [0.4, 0.5) is 0 Å². The zero-order valence-corrected chi connectivity index (χ0v) is 13.5. The predicted octanol–water partition coefficient (Wildman–Crippen LogP) is 1.32. The van der Waals surface area contributed by atoms with E-state index >= 15 is 0 Å². The lowest BCUT2D eigenvalue weighted by Gasteiger charge is -2.19. The van der Waals surface area contributed by atoms with E-state index < -0.39 is 5.60 Å². The minimum absolute atomic E-state index is 0.124. The number of rotatable bonds is 13. The Balaban J connectivity index is 3.19. The third-order valence-electron chi connectivity index (χ3n) is 2.39. The number of carbonyl (C=O) groups excluding carboxylic acids is 2. The molecule has 0 aromatic carbocycles. The van der Waals surface area contributed by atoms with Gasteiger partial charge in [0.2, 0.25) is 0 Å². The highest BCUT2D eigenvalue weighted by atomic mass is 16.6. The van der Waals surface area contributed by atoms with E-state index in [9.17, 15) is 9.59 Å². The van der Waals surface area contributed by atoms with Crippen LogP contribution in [-0.4, -0.2) is 57.4 Å². The Kier molecular flexibility index (Phi) is 12.1. The van der Waals surface area contributed by atoms with E-state index in [1.165, 1.54) is 0 Å². The lowest BCUT2D eigenvalue weighted by Crippen LogP contribution is -2.24. The van der Waals surface area contributed by atoms with Gasteiger partial charge >= 0.3 is 5.97 Å². The number of carbonyl (C=O) groups is 2. The highest BCUT2D eigenvalue weighted by Gasteiger charge is 2.15. The van der Waals surface area contributed by atoms with Gasteiger partial charge in [-0.1, -0.05) is 0 Å². The van der Waals surface area contributed by atoms with Crippen molar-refractivity contribution in [3.63, 3.8) is 0 Å². The van der Waals surface area contributed by atoms with Gasteiger partial charge in [0, 0.05) is 13.0 Å². The molecular formula is C15H29NO5. The molecular weight excluding hydrogens is 274 g/mol. The van der Waals surface area contributed by atoms with E-state index in [0.29, 0.717) is 26.2 Å². The summed E-state index contributed by atoms with van der Waals surface area (Å²) in [4.78, 5) is 21.4. The topological polar surface area (TPSA) is 73.9 Å². The molecule has 0 spiro atoms.